The van der Waals surface area contributed by atoms with Crippen LogP contribution < -0.4 is 0 Å². The Hall–Kier alpha value is -1.34. The molecule has 2 aromatic rings. The van der Waals surface area contributed by atoms with Gasteiger partial charge in [0, 0.05) is 10.6 Å². The maximum atomic E-state index is 10.9. The van der Waals surface area contributed by atoms with E-state index in [-0.39, 0.29) is 0 Å². The molecule has 0 N–H and O–H groups in total. The van der Waals surface area contributed by atoms with Crippen molar-refractivity contribution in [2.75, 3.05) is 0 Å². The third-order valence-electron chi connectivity index (χ3n) is 2.36. The van der Waals surface area contributed by atoms with Crippen molar-refractivity contribution in [2.45, 2.75) is 6.92 Å². The summed E-state index contributed by atoms with van der Waals surface area (Å²) in [6.07, 6.45) is 0.894. The third kappa shape index (κ3) is 1.40. The molecule has 0 fully saturated rings. The Morgan fingerprint density at radius 2 is 2.00 bits per heavy atom. The highest BCUT2D eigenvalue weighted by Crippen LogP contribution is 2.23. The van der Waals surface area contributed by atoms with Crippen LogP contribution >= 0.6 is 11.6 Å². The van der Waals surface area contributed by atoms with Crippen LogP contribution in [0.2, 0.25) is 5.02 Å². The summed E-state index contributed by atoms with van der Waals surface area (Å²) >= 11 is 5.87. The maximum absolute atomic E-state index is 10.9. The fraction of sp³-hybridized carbons (Fsp3) is 0.0833. The lowest BCUT2D eigenvalue weighted by Gasteiger charge is -2.04. The van der Waals surface area contributed by atoms with Crippen LogP contribution in [0.15, 0.2) is 30.3 Å². The van der Waals surface area contributed by atoms with Crippen LogP contribution in [0.3, 0.4) is 0 Å². The molecule has 0 aliphatic heterocycles. The first-order chi connectivity index (χ1) is 6.72. The molecule has 0 aliphatic carbocycles. The van der Waals surface area contributed by atoms with Gasteiger partial charge in [0.2, 0.25) is 0 Å². The summed E-state index contributed by atoms with van der Waals surface area (Å²) < 4.78 is 0. The molecule has 0 heterocycles. The molecule has 0 bridgehead atoms. The predicted molar refractivity (Wildman–Crippen MR) is 59.1 cm³/mol. The number of hydrogen-bond acceptors (Lipinski definition) is 1. The largest absolute Gasteiger partial charge is 0.298 e. The molecule has 0 atom stereocenters. The second-order valence-electron chi connectivity index (χ2n) is 3.28. The number of aryl methyl sites for hydroxylation is 1. The molecule has 0 unspecified atom stereocenters. The minimum Gasteiger partial charge on any atom is -0.298 e. The number of aldehydes is 1. The number of carbonyl (C=O) groups is 1. The van der Waals surface area contributed by atoms with E-state index in [4.69, 9.17) is 11.6 Å². The molecule has 0 saturated heterocycles. The highest BCUT2D eigenvalue weighted by atomic mass is 35.5. The van der Waals surface area contributed by atoms with Gasteiger partial charge in [0.1, 0.15) is 0 Å². The van der Waals surface area contributed by atoms with Crippen molar-refractivity contribution in [3.8, 4) is 0 Å². The molecule has 0 radical (unpaired) electrons. The quantitative estimate of drug-likeness (QED) is 0.649. The molecule has 2 rings (SSSR count). The second-order valence-corrected chi connectivity index (χ2v) is 3.72. The van der Waals surface area contributed by atoms with Crippen molar-refractivity contribution in [2.24, 2.45) is 0 Å². The van der Waals surface area contributed by atoms with E-state index in [9.17, 15) is 4.79 Å². The van der Waals surface area contributed by atoms with Gasteiger partial charge in [-0.15, -0.1) is 0 Å². The highest BCUT2D eigenvalue weighted by Gasteiger charge is 2.03. The fourth-order valence-corrected chi connectivity index (χ4v) is 1.77. The van der Waals surface area contributed by atoms with E-state index < -0.39 is 0 Å². The van der Waals surface area contributed by atoms with Crippen LogP contribution in [-0.2, 0) is 0 Å². The molecule has 0 saturated carbocycles. The summed E-state index contributed by atoms with van der Waals surface area (Å²) in [4.78, 5) is 10.9. The van der Waals surface area contributed by atoms with Gasteiger partial charge in [-0.05, 0) is 35.4 Å². The van der Waals surface area contributed by atoms with E-state index >= 15 is 0 Å². The Bertz CT molecular complexity index is 503. The minimum atomic E-state index is 0.693. The lowest BCUT2D eigenvalue weighted by atomic mass is 10.0. The van der Waals surface area contributed by atoms with Gasteiger partial charge < -0.3 is 0 Å². The first kappa shape index (κ1) is 9.22. The van der Waals surface area contributed by atoms with Crippen LogP contribution in [0.25, 0.3) is 10.8 Å². The number of rotatable bonds is 1. The zero-order valence-corrected chi connectivity index (χ0v) is 8.51. The molecular formula is C12H9ClO. The highest BCUT2D eigenvalue weighted by molar-refractivity contribution is 6.31. The average molecular weight is 205 g/mol. The Morgan fingerprint density at radius 3 is 2.71 bits per heavy atom. The van der Waals surface area contributed by atoms with Gasteiger partial charge in [-0.2, -0.15) is 0 Å². The molecule has 1 nitrogen and oxygen atoms in total. The molecular weight excluding hydrogens is 196 g/mol. The molecule has 2 heteroatoms. The van der Waals surface area contributed by atoms with E-state index in [1.54, 1.807) is 6.07 Å². The van der Waals surface area contributed by atoms with Crippen LogP contribution in [0, 0.1) is 6.92 Å². The summed E-state index contributed by atoms with van der Waals surface area (Å²) in [5, 5.41) is 2.66. The van der Waals surface area contributed by atoms with E-state index in [1.165, 1.54) is 0 Å². The molecule has 0 amide bonds. The number of hydrogen-bond donors (Lipinski definition) is 0. The first-order valence-electron chi connectivity index (χ1n) is 4.36. The number of benzene rings is 2. The van der Waals surface area contributed by atoms with Crippen molar-refractivity contribution in [1.29, 1.82) is 0 Å². The van der Waals surface area contributed by atoms with Crippen LogP contribution in [0.1, 0.15) is 15.9 Å². The van der Waals surface area contributed by atoms with Gasteiger partial charge in [0.25, 0.3) is 0 Å². The van der Waals surface area contributed by atoms with Crippen LogP contribution in [0.4, 0.5) is 0 Å². The topological polar surface area (TPSA) is 17.1 Å². The molecule has 0 aliphatic rings. The van der Waals surface area contributed by atoms with Gasteiger partial charge in [-0.25, -0.2) is 0 Å². The van der Waals surface area contributed by atoms with Crippen LogP contribution in [0.5, 0.6) is 0 Å². The summed E-state index contributed by atoms with van der Waals surface area (Å²) in [7, 11) is 0. The number of carbonyl (C=O) groups excluding carboxylic acids is 1. The molecule has 70 valence electrons. The smallest absolute Gasteiger partial charge is 0.150 e. The van der Waals surface area contributed by atoms with Gasteiger partial charge in [0.15, 0.2) is 6.29 Å². The number of halogens is 1. The Balaban J connectivity index is 2.88. The van der Waals surface area contributed by atoms with Gasteiger partial charge >= 0.3 is 0 Å². The SMILES string of the molecule is Cc1ccc2cc(Cl)ccc2c1C=O. The minimum absolute atomic E-state index is 0.693. The van der Waals surface area contributed by atoms with Crippen molar-refractivity contribution < 1.29 is 4.79 Å². The Kier molecular flexibility index (Phi) is 2.26. The monoisotopic (exact) mass is 204 g/mol. The lowest BCUT2D eigenvalue weighted by molar-refractivity contribution is 0.112. The normalized spacial score (nSPS) is 10.4. The molecule has 2 aromatic carbocycles. The Labute approximate surface area is 87.3 Å². The van der Waals surface area contributed by atoms with E-state index in [2.05, 4.69) is 0 Å². The van der Waals surface area contributed by atoms with Crippen molar-refractivity contribution in [1.82, 2.24) is 0 Å². The molecule has 0 aromatic heterocycles. The lowest BCUT2D eigenvalue weighted by Crippen LogP contribution is -1.88. The summed E-state index contributed by atoms with van der Waals surface area (Å²) in [6.45, 7) is 1.93. The van der Waals surface area contributed by atoms with Crippen LogP contribution in [-0.4, -0.2) is 6.29 Å². The maximum Gasteiger partial charge on any atom is 0.150 e. The van der Waals surface area contributed by atoms with Gasteiger partial charge in [-0.3, -0.25) is 4.79 Å². The van der Waals surface area contributed by atoms with E-state index in [1.807, 2.05) is 31.2 Å². The Morgan fingerprint density at radius 1 is 1.21 bits per heavy atom. The molecule has 0 spiro atoms. The van der Waals surface area contributed by atoms with E-state index in [0.717, 1.165) is 28.2 Å². The fourth-order valence-electron chi connectivity index (χ4n) is 1.59. The predicted octanol–water partition coefficient (Wildman–Crippen LogP) is 3.61. The number of fused-ring (bicyclic) bond motifs is 1. The van der Waals surface area contributed by atoms with Gasteiger partial charge in [-0.1, -0.05) is 29.8 Å². The van der Waals surface area contributed by atoms with E-state index in [0.29, 0.717) is 5.02 Å². The van der Waals surface area contributed by atoms with Gasteiger partial charge in [0.05, 0.1) is 0 Å². The summed E-state index contributed by atoms with van der Waals surface area (Å²) in [5.41, 5.74) is 1.74. The standard InChI is InChI=1S/C12H9ClO/c1-8-2-3-9-6-10(13)4-5-11(9)12(8)7-14/h2-7H,1H3. The van der Waals surface area contributed by atoms with Crippen molar-refractivity contribution in [3.63, 3.8) is 0 Å². The second kappa shape index (κ2) is 3.43. The summed E-state index contributed by atoms with van der Waals surface area (Å²) in [6, 6.07) is 9.46. The first-order valence-corrected chi connectivity index (χ1v) is 4.74. The zero-order chi connectivity index (χ0) is 10.1. The van der Waals surface area contributed by atoms with Crippen molar-refractivity contribution >= 4 is 28.7 Å². The zero-order valence-electron chi connectivity index (χ0n) is 7.75. The average Bonchev–Trinajstić information content (AvgIpc) is 2.18. The molecule has 14 heavy (non-hydrogen) atoms. The van der Waals surface area contributed by atoms with Crippen molar-refractivity contribution in [3.05, 3.63) is 46.5 Å². The summed E-state index contributed by atoms with van der Waals surface area (Å²) in [5.74, 6) is 0. The third-order valence-corrected chi connectivity index (χ3v) is 2.59.